The van der Waals surface area contributed by atoms with E-state index in [-0.39, 0.29) is 5.91 Å². The van der Waals surface area contributed by atoms with Crippen LogP contribution in [0.5, 0.6) is 0 Å². The van der Waals surface area contributed by atoms with Crippen LogP contribution in [0.4, 0.5) is 0 Å². The van der Waals surface area contributed by atoms with E-state index >= 15 is 0 Å². The molecule has 0 radical (unpaired) electrons. The lowest BCUT2D eigenvalue weighted by atomic mass is 9.78. The number of rotatable bonds is 5. The number of amides is 1. The first kappa shape index (κ1) is 15.0. The van der Waals surface area contributed by atoms with Crippen molar-refractivity contribution in [3.8, 4) is 0 Å². The van der Waals surface area contributed by atoms with Gasteiger partial charge in [-0.15, -0.1) is 11.3 Å². The molecule has 0 bridgehead atoms. The molecule has 0 unspecified atom stereocenters. The van der Waals surface area contributed by atoms with Crippen molar-refractivity contribution < 1.29 is 4.79 Å². The summed E-state index contributed by atoms with van der Waals surface area (Å²) in [6, 6.07) is 1.93. The number of carbonyl (C=O) groups is 1. The van der Waals surface area contributed by atoms with Crippen LogP contribution in [0, 0.1) is 11.3 Å². The van der Waals surface area contributed by atoms with Gasteiger partial charge in [0.25, 0.3) is 5.91 Å². The number of hydrogen-bond donors (Lipinski definition) is 1. The normalized spacial score (nSPS) is 17.9. The Morgan fingerprint density at radius 2 is 2.16 bits per heavy atom. The molecule has 0 spiro atoms. The van der Waals surface area contributed by atoms with Gasteiger partial charge in [-0.1, -0.05) is 26.7 Å². The van der Waals surface area contributed by atoms with Gasteiger partial charge in [-0.25, -0.2) is 0 Å². The molecule has 1 aliphatic rings. The fraction of sp³-hybridized carbons (Fsp3) is 0.667. The summed E-state index contributed by atoms with van der Waals surface area (Å²) in [5, 5.41) is 5.10. The highest BCUT2D eigenvalue weighted by molar-refractivity contribution is 9.10. The third kappa shape index (κ3) is 3.82. The first-order valence-corrected chi connectivity index (χ1v) is 8.71. The van der Waals surface area contributed by atoms with E-state index in [2.05, 4.69) is 35.1 Å². The van der Waals surface area contributed by atoms with E-state index in [0.29, 0.717) is 11.3 Å². The Kier molecular flexibility index (Phi) is 5.07. The Labute approximate surface area is 128 Å². The van der Waals surface area contributed by atoms with E-state index in [0.717, 1.165) is 15.9 Å². The maximum Gasteiger partial charge on any atom is 0.262 e. The molecule has 106 valence electrons. The van der Waals surface area contributed by atoms with Gasteiger partial charge in [0.1, 0.15) is 4.88 Å². The summed E-state index contributed by atoms with van der Waals surface area (Å²) in [7, 11) is 0. The molecular weight excluding hydrogens is 322 g/mol. The standard InChI is InChI=1S/C15H22BrNOS/c1-11(2)9-15(6-3-4-7-15)10-17-14(18)13-12(16)5-8-19-13/h5,8,11H,3-4,6-7,9-10H2,1-2H3,(H,17,18). The fourth-order valence-corrected chi connectivity index (χ4v) is 4.72. The molecule has 0 saturated heterocycles. The number of nitrogens with one attached hydrogen (secondary N) is 1. The Morgan fingerprint density at radius 1 is 1.47 bits per heavy atom. The van der Waals surface area contributed by atoms with E-state index in [4.69, 9.17) is 0 Å². The minimum absolute atomic E-state index is 0.0666. The predicted molar refractivity (Wildman–Crippen MR) is 84.7 cm³/mol. The van der Waals surface area contributed by atoms with Crippen LogP contribution in [-0.2, 0) is 0 Å². The third-order valence-electron chi connectivity index (χ3n) is 3.95. The van der Waals surface area contributed by atoms with Crippen molar-refractivity contribution in [3.63, 3.8) is 0 Å². The maximum absolute atomic E-state index is 12.2. The third-order valence-corrected chi connectivity index (χ3v) is 5.79. The van der Waals surface area contributed by atoms with Crippen LogP contribution >= 0.6 is 27.3 Å². The van der Waals surface area contributed by atoms with Crippen LogP contribution in [0.3, 0.4) is 0 Å². The highest BCUT2D eigenvalue weighted by Crippen LogP contribution is 2.42. The fourth-order valence-electron chi connectivity index (χ4n) is 3.25. The Hall–Kier alpha value is -0.350. The van der Waals surface area contributed by atoms with Crippen LogP contribution in [0.1, 0.15) is 55.6 Å². The largest absolute Gasteiger partial charge is 0.351 e. The molecule has 1 aromatic rings. The first-order valence-electron chi connectivity index (χ1n) is 7.04. The van der Waals surface area contributed by atoms with Crippen LogP contribution in [0.15, 0.2) is 15.9 Å². The van der Waals surface area contributed by atoms with Gasteiger partial charge in [0.15, 0.2) is 0 Å². The zero-order valence-electron chi connectivity index (χ0n) is 11.7. The first-order chi connectivity index (χ1) is 9.02. The van der Waals surface area contributed by atoms with Crippen molar-refractivity contribution in [1.82, 2.24) is 5.32 Å². The van der Waals surface area contributed by atoms with E-state index in [1.165, 1.54) is 43.4 Å². The lowest BCUT2D eigenvalue weighted by Gasteiger charge is -2.31. The van der Waals surface area contributed by atoms with Crippen molar-refractivity contribution in [2.45, 2.75) is 46.0 Å². The molecule has 1 aromatic heterocycles. The van der Waals surface area contributed by atoms with Crippen LogP contribution in [0.25, 0.3) is 0 Å². The molecular formula is C15H22BrNOS. The lowest BCUT2D eigenvalue weighted by Crippen LogP contribution is -2.36. The van der Waals surface area contributed by atoms with Gasteiger partial charge in [-0.05, 0) is 58.0 Å². The molecule has 1 N–H and O–H groups in total. The smallest absolute Gasteiger partial charge is 0.262 e. The maximum atomic E-state index is 12.2. The van der Waals surface area contributed by atoms with Crippen molar-refractivity contribution in [1.29, 1.82) is 0 Å². The minimum atomic E-state index is 0.0666. The minimum Gasteiger partial charge on any atom is -0.351 e. The number of hydrogen-bond acceptors (Lipinski definition) is 2. The van der Waals surface area contributed by atoms with E-state index in [9.17, 15) is 4.79 Å². The molecule has 19 heavy (non-hydrogen) atoms. The van der Waals surface area contributed by atoms with Gasteiger partial charge in [0.05, 0.1) is 0 Å². The van der Waals surface area contributed by atoms with Gasteiger partial charge in [0, 0.05) is 11.0 Å². The number of halogens is 1. The summed E-state index contributed by atoms with van der Waals surface area (Å²) in [5.41, 5.74) is 0.341. The van der Waals surface area contributed by atoms with E-state index in [1.807, 2.05) is 11.4 Å². The Balaban J connectivity index is 1.96. The van der Waals surface area contributed by atoms with E-state index < -0.39 is 0 Å². The van der Waals surface area contributed by atoms with Gasteiger partial charge < -0.3 is 5.32 Å². The molecule has 1 fully saturated rings. The lowest BCUT2D eigenvalue weighted by molar-refractivity contribution is 0.0925. The molecule has 0 atom stereocenters. The summed E-state index contributed by atoms with van der Waals surface area (Å²) in [6.07, 6.45) is 6.36. The molecule has 1 saturated carbocycles. The molecule has 2 nitrogen and oxygen atoms in total. The summed E-state index contributed by atoms with van der Waals surface area (Å²) in [4.78, 5) is 13.0. The van der Waals surface area contributed by atoms with E-state index in [1.54, 1.807) is 0 Å². The zero-order valence-corrected chi connectivity index (χ0v) is 14.1. The second-order valence-electron chi connectivity index (χ2n) is 6.09. The SMILES string of the molecule is CC(C)CC1(CNC(=O)c2sccc2Br)CCCC1. The van der Waals surface area contributed by atoms with Crippen molar-refractivity contribution in [2.75, 3.05) is 6.54 Å². The van der Waals surface area contributed by atoms with Gasteiger partial charge in [0.2, 0.25) is 0 Å². The molecule has 1 aliphatic carbocycles. The summed E-state index contributed by atoms with van der Waals surface area (Å²) in [5.74, 6) is 0.764. The van der Waals surface area contributed by atoms with Gasteiger partial charge >= 0.3 is 0 Å². The quantitative estimate of drug-likeness (QED) is 0.813. The molecule has 1 amide bonds. The molecule has 1 heterocycles. The molecule has 0 aliphatic heterocycles. The summed E-state index contributed by atoms with van der Waals surface area (Å²) in [6.45, 7) is 5.38. The predicted octanol–water partition coefficient (Wildman–Crippen LogP) is 4.85. The zero-order chi connectivity index (χ0) is 13.9. The van der Waals surface area contributed by atoms with Crippen molar-refractivity contribution >= 4 is 33.2 Å². The summed E-state index contributed by atoms with van der Waals surface area (Å²) < 4.78 is 0.902. The Bertz CT molecular complexity index is 435. The second-order valence-corrected chi connectivity index (χ2v) is 7.86. The average Bonchev–Trinajstić information content (AvgIpc) is 2.95. The number of carbonyl (C=O) groups excluding carboxylic acids is 1. The van der Waals surface area contributed by atoms with Crippen molar-refractivity contribution in [2.24, 2.45) is 11.3 Å². The topological polar surface area (TPSA) is 29.1 Å². The molecule has 0 aromatic carbocycles. The number of thiophene rings is 1. The Morgan fingerprint density at radius 3 is 2.68 bits per heavy atom. The van der Waals surface area contributed by atoms with Crippen LogP contribution in [-0.4, -0.2) is 12.5 Å². The van der Waals surface area contributed by atoms with Crippen molar-refractivity contribution in [3.05, 3.63) is 20.8 Å². The second kappa shape index (κ2) is 6.40. The van der Waals surface area contributed by atoms with Crippen LogP contribution < -0.4 is 5.32 Å². The highest BCUT2D eigenvalue weighted by Gasteiger charge is 2.34. The van der Waals surface area contributed by atoms with Gasteiger partial charge in [-0.3, -0.25) is 4.79 Å². The highest BCUT2D eigenvalue weighted by atomic mass is 79.9. The summed E-state index contributed by atoms with van der Waals surface area (Å²) >= 11 is 4.92. The average molecular weight is 344 g/mol. The monoisotopic (exact) mass is 343 g/mol. The van der Waals surface area contributed by atoms with Crippen LogP contribution in [0.2, 0.25) is 0 Å². The molecule has 2 rings (SSSR count). The van der Waals surface area contributed by atoms with Gasteiger partial charge in [-0.2, -0.15) is 0 Å². The molecule has 4 heteroatoms.